The molecule has 152 valence electrons. The first-order valence-electron chi connectivity index (χ1n) is 9.43. The molecule has 0 spiro atoms. The van der Waals surface area contributed by atoms with Gasteiger partial charge in [0.2, 0.25) is 0 Å². The fourth-order valence-corrected chi connectivity index (χ4v) is 3.34. The number of nitrogens with one attached hydrogen (secondary N) is 4. The molecule has 0 radical (unpaired) electrons. The van der Waals surface area contributed by atoms with Crippen molar-refractivity contribution in [2.45, 2.75) is 32.1 Å². The molecule has 2 saturated heterocycles. The number of ether oxygens (including phenoxy) is 2. The number of carbonyl (C=O) groups excluding carboxylic acids is 2. The maximum absolute atomic E-state index is 11.4. The average Bonchev–Trinajstić information content (AvgIpc) is 3.23. The van der Waals surface area contributed by atoms with E-state index in [1.54, 1.807) is 0 Å². The lowest BCUT2D eigenvalue weighted by Gasteiger charge is -2.13. The number of hydrogen-bond acceptors (Lipinski definition) is 6. The molecule has 2 unspecified atom stereocenters. The third-order valence-electron chi connectivity index (χ3n) is 4.57. The summed E-state index contributed by atoms with van der Waals surface area (Å²) in [6.45, 7) is 3.83. The molecule has 0 amide bonds. The normalized spacial score (nSPS) is 21.3. The van der Waals surface area contributed by atoms with Gasteiger partial charge < -0.3 is 30.7 Å². The van der Waals surface area contributed by atoms with Crippen LogP contribution in [0.25, 0.3) is 0 Å². The Labute approximate surface area is 170 Å². The molecule has 0 aromatic carbocycles. The van der Waals surface area contributed by atoms with Crippen molar-refractivity contribution in [1.82, 2.24) is 21.3 Å². The highest BCUT2D eigenvalue weighted by atomic mass is 32.1. The highest BCUT2D eigenvalue weighted by Gasteiger charge is 2.26. The van der Waals surface area contributed by atoms with Crippen molar-refractivity contribution in [3.05, 3.63) is 0 Å². The van der Waals surface area contributed by atoms with Gasteiger partial charge in [-0.05, 0) is 56.5 Å². The van der Waals surface area contributed by atoms with Gasteiger partial charge in [-0.2, -0.15) is 0 Å². The van der Waals surface area contributed by atoms with Crippen LogP contribution in [0.3, 0.4) is 0 Å². The van der Waals surface area contributed by atoms with E-state index in [2.05, 4.69) is 21.3 Å². The predicted molar refractivity (Wildman–Crippen MR) is 109 cm³/mol. The summed E-state index contributed by atoms with van der Waals surface area (Å²) < 4.78 is 9.86. The second-order valence-electron chi connectivity index (χ2n) is 6.60. The summed E-state index contributed by atoms with van der Waals surface area (Å²) in [5.41, 5.74) is 0. The van der Waals surface area contributed by atoms with Crippen molar-refractivity contribution in [3.63, 3.8) is 0 Å². The predicted octanol–water partition coefficient (Wildman–Crippen LogP) is 0.211. The van der Waals surface area contributed by atoms with Gasteiger partial charge in [0.25, 0.3) is 0 Å². The molecule has 0 bridgehead atoms. The molecular formula is C17H28N4O4S2. The van der Waals surface area contributed by atoms with Gasteiger partial charge in [-0.25, -0.2) is 0 Å². The minimum Gasteiger partial charge on any atom is -0.465 e. The van der Waals surface area contributed by atoms with Crippen molar-refractivity contribution in [2.75, 3.05) is 39.4 Å². The molecule has 4 N–H and O–H groups in total. The molecule has 2 aliphatic heterocycles. The van der Waals surface area contributed by atoms with E-state index in [0.717, 1.165) is 45.2 Å². The van der Waals surface area contributed by atoms with Gasteiger partial charge in [-0.15, -0.1) is 0 Å². The summed E-state index contributed by atoms with van der Waals surface area (Å²) in [6.07, 6.45) is 3.92. The molecule has 0 aromatic rings. The van der Waals surface area contributed by atoms with Crippen molar-refractivity contribution in [1.29, 1.82) is 0 Å². The van der Waals surface area contributed by atoms with E-state index in [4.69, 9.17) is 33.9 Å². The SMILES string of the molecule is O=C1OCCC1CCNC(=S)NCCCNC(=S)NCCC1CCOC1=O. The fraction of sp³-hybridized carbons (Fsp3) is 0.765. The number of hydrogen-bond donors (Lipinski definition) is 4. The van der Waals surface area contributed by atoms with Crippen LogP contribution < -0.4 is 21.3 Å². The second-order valence-corrected chi connectivity index (χ2v) is 7.42. The number of esters is 2. The van der Waals surface area contributed by atoms with Gasteiger partial charge in [-0.1, -0.05) is 0 Å². The smallest absolute Gasteiger partial charge is 0.309 e. The first-order valence-corrected chi connectivity index (χ1v) is 10.2. The Hall–Kier alpha value is -1.68. The molecule has 0 saturated carbocycles. The Morgan fingerprint density at radius 2 is 1.19 bits per heavy atom. The number of rotatable bonds is 10. The molecule has 27 heavy (non-hydrogen) atoms. The van der Waals surface area contributed by atoms with E-state index >= 15 is 0 Å². The van der Waals surface area contributed by atoms with Crippen LogP contribution in [0.15, 0.2) is 0 Å². The minimum absolute atomic E-state index is 0.00247. The van der Waals surface area contributed by atoms with Crippen LogP contribution in [0.2, 0.25) is 0 Å². The van der Waals surface area contributed by atoms with E-state index < -0.39 is 0 Å². The zero-order valence-corrected chi connectivity index (χ0v) is 17.0. The third-order valence-corrected chi connectivity index (χ3v) is 5.15. The minimum atomic E-state index is -0.102. The Morgan fingerprint density at radius 1 is 0.778 bits per heavy atom. The summed E-state index contributed by atoms with van der Waals surface area (Å²) in [4.78, 5) is 22.7. The zero-order valence-electron chi connectivity index (χ0n) is 15.4. The van der Waals surface area contributed by atoms with Gasteiger partial charge >= 0.3 is 11.9 Å². The molecular weight excluding hydrogens is 388 g/mol. The molecule has 10 heteroatoms. The van der Waals surface area contributed by atoms with E-state index in [0.29, 0.717) is 36.5 Å². The maximum atomic E-state index is 11.4. The van der Waals surface area contributed by atoms with Crippen LogP contribution in [0.5, 0.6) is 0 Å². The summed E-state index contributed by atoms with van der Waals surface area (Å²) in [5, 5.41) is 13.6. The summed E-state index contributed by atoms with van der Waals surface area (Å²) in [5.74, 6) is -0.210. The third kappa shape index (κ3) is 8.25. The van der Waals surface area contributed by atoms with Crippen molar-refractivity contribution < 1.29 is 19.1 Å². The largest absolute Gasteiger partial charge is 0.465 e. The number of thiocarbonyl (C=S) groups is 2. The van der Waals surface area contributed by atoms with E-state index in [9.17, 15) is 9.59 Å². The summed E-state index contributed by atoms with van der Waals surface area (Å²) >= 11 is 10.4. The number of cyclic esters (lactones) is 2. The van der Waals surface area contributed by atoms with Gasteiger partial charge in [0, 0.05) is 26.2 Å². The Balaban J connectivity index is 1.39. The van der Waals surface area contributed by atoms with Crippen molar-refractivity contribution >= 4 is 46.6 Å². The Kier molecular flexibility index (Phi) is 9.54. The average molecular weight is 417 g/mol. The lowest BCUT2D eigenvalue weighted by atomic mass is 10.0. The molecule has 8 nitrogen and oxygen atoms in total. The van der Waals surface area contributed by atoms with E-state index in [-0.39, 0.29) is 23.8 Å². The standard InChI is InChI=1S/C17H28N4O4S2/c22-14-12(4-10-24-14)2-8-20-16(26)18-6-1-7-19-17(27)21-9-3-13-5-11-25-15(13)23/h12-13H,1-11H2,(H2,18,20,26)(H2,19,21,27). The van der Waals surface area contributed by atoms with Crippen molar-refractivity contribution in [2.24, 2.45) is 11.8 Å². The van der Waals surface area contributed by atoms with Crippen LogP contribution in [-0.4, -0.2) is 61.6 Å². The summed E-state index contributed by atoms with van der Waals surface area (Å²) in [7, 11) is 0. The molecule has 2 atom stereocenters. The van der Waals surface area contributed by atoms with Crippen LogP contribution in [0.1, 0.15) is 32.1 Å². The first-order chi connectivity index (χ1) is 13.1. The second kappa shape index (κ2) is 11.9. The van der Waals surface area contributed by atoms with Gasteiger partial charge in [0.05, 0.1) is 25.0 Å². The molecule has 0 aromatic heterocycles. The maximum Gasteiger partial charge on any atom is 0.309 e. The van der Waals surface area contributed by atoms with Gasteiger partial charge in [0.1, 0.15) is 0 Å². The van der Waals surface area contributed by atoms with Crippen LogP contribution in [-0.2, 0) is 19.1 Å². The van der Waals surface area contributed by atoms with Crippen LogP contribution >= 0.6 is 24.4 Å². The molecule has 0 aliphatic carbocycles. The first kappa shape index (κ1) is 21.6. The molecule has 2 heterocycles. The molecule has 2 fully saturated rings. The monoisotopic (exact) mass is 416 g/mol. The van der Waals surface area contributed by atoms with Gasteiger partial charge in [0.15, 0.2) is 10.2 Å². The van der Waals surface area contributed by atoms with Crippen LogP contribution in [0.4, 0.5) is 0 Å². The van der Waals surface area contributed by atoms with E-state index in [1.165, 1.54) is 0 Å². The summed E-state index contributed by atoms with van der Waals surface area (Å²) in [6, 6.07) is 0. The van der Waals surface area contributed by atoms with E-state index in [1.807, 2.05) is 0 Å². The fourth-order valence-electron chi connectivity index (χ4n) is 2.94. The van der Waals surface area contributed by atoms with Crippen LogP contribution in [0, 0.1) is 11.8 Å². The Morgan fingerprint density at radius 3 is 1.56 bits per heavy atom. The lowest BCUT2D eigenvalue weighted by molar-refractivity contribution is -0.142. The topological polar surface area (TPSA) is 101 Å². The Bertz CT molecular complexity index is 501. The highest BCUT2D eigenvalue weighted by molar-refractivity contribution is 7.80. The quantitative estimate of drug-likeness (QED) is 0.225. The lowest BCUT2D eigenvalue weighted by Crippen LogP contribution is -2.40. The molecule has 2 rings (SSSR count). The highest BCUT2D eigenvalue weighted by Crippen LogP contribution is 2.17. The van der Waals surface area contributed by atoms with Crippen molar-refractivity contribution in [3.8, 4) is 0 Å². The number of carbonyl (C=O) groups is 2. The zero-order chi connectivity index (χ0) is 19.5. The van der Waals surface area contributed by atoms with Gasteiger partial charge in [-0.3, -0.25) is 9.59 Å². The molecule has 2 aliphatic rings.